The van der Waals surface area contributed by atoms with E-state index in [9.17, 15) is 0 Å². The molecule has 2 heterocycles. The molecule has 30 heavy (non-hydrogen) atoms. The van der Waals surface area contributed by atoms with E-state index in [0.29, 0.717) is 0 Å². The second-order valence-electron chi connectivity index (χ2n) is 7.28. The Morgan fingerprint density at radius 1 is 0.600 bits per heavy atom. The van der Waals surface area contributed by atoms with Crippen LogP contribution in [0.3, 0.4) is 0 Å². The minimum atomic E-state index is 1.01. The average Bonchev–Trinajstić information content (AvgIpc) is 2.84. The topological polar surface area (TPSA) is 25.8 Å². The van der Waals surface area contributed by atoms with Crippen LogP contribution in [0.5, 0.6) is 0 Å². The van der Waals surface area contributed by atoms with Crippen molar-refractivity contribution in [1.29, 1.82) is 0 Å². The first-order chi connectivity index (χ1) is 14.8. The van der Waals surface area contributed by atoms with Crippen molar-refractivity contribution in [3.63, 3.8) is 0 Å². The van der Waals surface area contributed by atoms with Crippen molar-refractivity contribution >= 4 is 33.5 Å². The lowest BCUT2D eigenvalue weighted by atomic mass is 9.99. The van der Waals surface area contributed by atoms with E-state index in [1.807, 2.05) is 18.5 Å². The van der Waals surface area contributed by atoms with Crippen LogP contribution >= 0.6 is 22.6 Å². The highest BCUT2D eigenvalue weighted by Crippen LogP contribution is 2.29. The van der Waals surface area contributed by atoms with E-state index in [1.54, 1.807) is 6.20 Å². The summed E-state index contributed by atoms with van der Waals surface area (Å²) in [7, 11) is 0. The van der Waals surface area contributed by atoms with Gasteiger partial charge in [0.2, 0.25) is 0 Å². The van der Waals surface area contributed by atoms with Gasteiger partial charge in [0.15, 0.2) is 0 Å². The van der Waals surface area contributed by atoms with Gasteiger partial charge >= 0.3 is 0 Å². The molecule has 0 fully saturated rings. The number of fused-ring (bicyclic) bond motifs is 1. The average molecular weight is 498 g/mol. The van der Waals surface area contributed by atoms with Gasteiger partial charge in [0.25, 0.3) is 0 Å². The molecule has 0 N–H and O–H groups in total. The lowest BCUT2D eigenvalue weighted by Crippen LogP contribution is -1.86. The maximum Gasteiger partial charge on any atom is 0.0708 e. The maximum absolute atomic E-state index is 4.75. The van der Waals surface area contributed by atoms with E-state index in [1.165, 1.54) is 22.3 Å². The molecular weight excluding hydrogens is 479 g/mol. The van der Waals surface area contributed by atoms with Crippen LogP contribution in [0.4, 0.5) is 0 Å². The first-order valence-corrected chi connectivity index (χ1v) is 11.4. The van der Waals surface area contributed by atoms with Crippen LogP contribution in [0.15, 0.2) is 104 Å². The van der Waals surface area contributed by atoms with Crippen LogP contribution < -0.4 is 0 Å². The number of rotatable bonds is 4. The third-order valence-electron chi connectivity index (χ3n) is 5.34. The van der Waals surface area contributed by atoms with E-state index < -0.39 is 0 Å². The van der Waals surface area contributed by atoms with Crippen LogP contribution in [-0.2, 0) is 4.43 Å². The summed E-state index contributed by atoms with van der Waals surface area (Å²) in [6.07, 6.45) is 5.65. The fourth-order valence-electron chi connectivity index (χ4n) is 3.63. The molecule has 0 atom stereocenters. The highest BCUT2D eigenvalue weighted by molar-refractivity contribution is 14.1. The van der Waals surface area contributed by atoms with E-state index in [2.05, 4.69) is 106 Å². The molecule has 0 spiro atoms. The van der Waals surface area contributed by atoms with Gasteiger partial charge < -0.3 is 0 Å². The Morgan fingerprint density at radius 3 is 1.97 bits per heavy atom. The van der Waals surface area contributed by atoms with Gasteiger partial charge in [-0.05, 0) is 51.6 Å². The van der Waals surface area contributed by atoms with E-state index in [0.717, 1.165) is 32.0 Å². The van der Waals surface area contributed by atoms with Gasteiger partial charge in [0, 0.05) is 34.0 Å². The van der Waals surface area contributed by atoms with Gasteiger partial charge in [0.05, 0.1) is 5.52 Å². The fraction of sp³-hybridized carbons (Fsp3) is 0.0370. The summed E-state index contributed by atoms with van der Waals surface area (Å²) in [6.45, 7) is 0. The number of aromatic nitrogens is 2. The lowest BCUT2D eigenvalue weighted by Gasteiger charge is -2.08. The number of benzene rings is 3. The van der Waals surface area contributed by atoms with E-state index >= 15 is 0 Å². The third kappa shape index (κ3) is 3.85. The Kier molecular flexibility index (Phi) is 5.28. The molecule has 0 saturated carbocycles. The normalized spacial score (nSPS) is 11.0. The summed E-state index contributed by atoms with van der Waals surface area (Å²) < 4.78 is 1.03. The Morgan fingerprint density at radius 2 is 1.27 bits per heavy atom. The summed E-state index contributed by atoms with van der Waals surface area (Å²) >= 11 is 2.39. The molecular formula is C27H19IN2. The van der Waals surface area contributed by atoms with Gasteiger partial charge in [-0.1, -0.05) is 89.3 Å². The molecule has 0 aliphatic heterocycles. The zero-order valence-electron chi connectivity index (χ0n) is 16.3. The molecule has 0 amide bonds. The Bertz CT molecular complexity index is 1290. The van der Waals surface area contributed by atoms with Crippen molar-refractivity contribution in [2.45, 2.75) is 4.43 Å². The molecule has 0 aliphatic rings. The first-order valence-electron chi connectivity index (χ1n) is 9.86. The number of nitrogens with zero attached hydrogens (tertiary/aromatic N) is 2. The summed E-state index contributed by atoms with van der Waals surface area (Å²) in [5, 5.41) is 1.15. The van der Waals surface area contributed by atoms with Gasteiger partial charge in [0.1, 0.15) is 0 Å². The SMILES string of the molecule is ICc1ccc(-c2ccc3cc(-c4ccc(-c5cccnc5)cc4)cnc3c2)cc1. The molecule has 5 rings (SSSR count). The van der Waals surface area contributed by atoms with Gasteiger partial charge in [-0.15, -0.1) is 0 Å². The molecule has 0 saturated heterocycles. The van der Waals surface area contributed by atoms with Crippen LogP contribution in [0.2, 0.25) is 0 Å². The lowest BCUT2D eigenvalue weighted by molar-refractivity contribution is 1.33. The Labute approximate surface area is 189 Å². The number of halogens is 1. The first kappa shape index (κ1) is 18.9. The number of alkyl halides is 1. The molecule has 3 aromatic carbocycles. The minimum absolute atomic E-state index is 1.01. The Balaban J connectivity index is 1.45. The van der Waals surface area contributed by atoms with Crippen LogP contribution in [0, 0.1) is 0 Å². The molecule has 3 heteroatoms. The highest BCUT2D eigenvalue weighted by Gasteiger charge is 2.05. The standard InChI is InChI=1S/C27H19IN2/c28-16-19-3-5-20(6-4-19)23-11-12-24-14-26(18-30-27(24)15-23)22-9-7-21(8-10-22)25-2-1-13-29-17-25/h1-15,17-18H,16H2. The van der Waals surface area contributed by atoms with Gasteiger partial charge in [-0.25, -0.2) is 0 Å². The van der Waals surface area contributed by atoms with Crippen molar-refractivity contribution in [2.24, 2.45) is 0 Å². The van der Waals surface area contributed by atoms with E-state index in [-0.39, 0.29) is 0 Å². The minimum Gasteiger partial charge on any atom is -0.264 e. The molecule has 2 aromatic heterocycles. The van der Waals surface area contributed by atoms with Crippen molar-refractivity contribution < 1.29 is 0 Å². The van der Waals surface area contributed by atoms with Crippen LogP contribution in [0.25, 0.3) is 44.3 Å². The van der Waals surface area contributed by atoms with Gasteiger partial charge in [-0.3, -0.25) is 9.97 Å². The summed E-state index contributed by atoms with van der Waals surface area (Å²) in [5.41, 5.74) is 9.36. The van der Waals surface area contributed by atoms with Crippen molar-refractivity contribution in [1.82, 2.24) is 9.97 Å². The fourth-order valence-corrected chi connectivity index (χ4v) is 4.14. The molecule has 144 valence electrons. The summed E-state index contributed by atoms with van der Waals surface area (Å²) in [6, 6.07) is 30.1. The number of pyridine rings is 2. The molecule has 2 nitrogen and oxygen atoms in total. The zero-order valence-corrected chi connectivity index (χ0v) is 18.5. The third-order valence-corrected chi connectivity index (χ3v) is 6.22. The Hall–Kier alpha value is -3.05. The molecule has 5 aromatic rings. The summed E-state index contributed by atoms with van der Waals surface area (Å²) in [5.74, 6) is 0. The largest absolute Gasteiger partial charge is 0.264 e. The van der Waals surface area contributed by atoms with Crippen molar-refractivity contribution in [2.75, 3.05) is 0 Å². The molecule has 0 aliphatic carbocycles. The predicted molar refractivity (Wildman–Crippen MR) is 134 cm³/mol. The number of hydrogen-bond donors (Lipinski definition) is 0. The second-order valence-corrected chi connectivity index (χ2v) is 8.04. The van der Waals surface area contributed by atoms with Crippen molar-refractivity contribution in [3.05, 3.63) is 109 Å². The number of hydrogen-bond acceptors (Lipinski definition) is 2. The second kappa shape index (κ2) is 8.36. The van der Waals surface area contributed by atoms with Crippen LogP contribution in [0.1, 0.15) is 5.56 Å². The molecule has 0 unspecified atom stereocenters. The van der Waals surface area contributed by atoms with Crippen molar-refractivity contribution in [3.8, 4) is 33.4 Å². The van der Waals surface area contributed by atoms with E-state index in [4.69, 9.17) is 4.98 Å². The highest BCUT2D eigenvalue weighted by atomic mass is 127. The maximum atomic E-state index is 4.75. The smallest absolute Gasteiger partial charge is 0.0708 e. The predicted octanol–water partition coefficient (Wildman–Crippen LogP) is 7.57. The zero-order chi connectivity index (χ0) is 20.3. The van der Waals surface area contributed by atoms with Crippen LogP contribution in [-0.4, -0.2) is 9.97 Å². The monoisotopic (exact) mass is 498 g/mol. The van der Waals surface area contributed by atoms with Gasteiger partial charge in [-0.2, -0.15) is 0 Å². The molecule has 0 bridgehead atoms. The quantitative estimate of drug-likeness (QED) is 0.189. The molecule has 0 radical (unpaired) electrons. The summed E-state index contributed by atoms with van der Waals surface area (Å²) in [4.78, 5) is 8.95.